The predicted octanol–water partition coefficient (Wildman–Crippen LogP) is 14.0. The number of methoxy groups -OCH3 is 2. The fourth-order valence-electron chi connectivity index (χ4n) is 8.49. The summed E-state index contributed by atoms with van der Waals surface area (Å²) in [5.74, 6) is -8.97. The van der Waals surface area contributed by atoms with Gasteiger partial charge in [-0.15, -0.1) is 0 Å². The van der Waals surface area contributed by atoms with E-state index in [0.29, 0.717) is 33.4 Å². The van der Waals surface area contributed by atoms with Crippen molar-refractivity contribution < 1.29 is 31.8 Å². The number of carbonyl (C=O) groups is 1. The molecule has 8 aromatic rings. The Morgan fingerprint density at radius 3 is 1.12 bits per heavy atom. The normalized spacial score (nSPS) is 13.1. The van der Waals surface area contributed by atoms with E-state index < -0.39 is 52.7 Å². The van der Waals surface area contributed by atoms with Crippen molar-refractivity contribution in [3.8, 4) is 34.0 Å². The van der Waals surface area contributed by atoms with Gasteiger partial charge >= 0.3 is 0 Å². The lowest BCUT2D eigenvalue weighted by Crippen LogP contribution is -2.31. The summed E-state index contributed by atoms with van der Waals surface area (Å²) in [5, 5.41) is 0. The summed E-state index contributed by atoms with van der Waals surface area (Å²) in [6, 6.07) is 42.9. The van der Waals surface area contributed by atoms with Crippen LogP contribution in [-0.4, -0.2) is 30.0 Å². The maximum atomic E-state index is 16.6. The van der Waals surface area contributed by atoms with Gasteiger partial charge in [-0.1, -0.05) is 117 Å². The van der Waals surface area contributed by atoms with Crippen molar-refractivity contribution >= 4 is 37.6 Å². The second kappa shape index (κ2) is 19.5. The fourth-order valence-corrected chi connectivity index (χ4v) is 9.02. The van der Waals surface area contributed by atoms with Gasteiger partial charge < -0.3 is 9.47 Å². The zero-order valence-corrected chi connectivity index (χ0v) is 37.5. The molecule has 320 valence electrons. The largest absolute Gasteiger partial charge is 0.481 e. The van der Waals surface area contributed by atoms with E-state index >= 15 is 22.4 Å². The predicted molar refractivity (Wildman–Crippen MR) is 248 cm³/mol. The highest BCUT2D eigenvalue weighted by atomic mass is 79.9. The van der Waals surface area contributed by atoms with Crippen molar-refractivity contribution in [3.05, 3.63) is 236 Å². The number of hydrogen-bond acceptors (Lipinski definition) is 5. The zero-order valence-electron chi connectivity index (χ0n) is 34.4. The van der Waals surface area contributed by atoms with Gasteiger partial charge in [0.25, 0.3) is 0 Å². The van der Waals surface area contributed by atoms with Crippen molar-refractivity contribution in [1.29, 1.82) is 0 Å². The van der Waals surface area contributed by atoms with Crippen LogP contribution in [0.5, 0.6) is 11.8 Å². The second-order valence-corrected chi connectivity index (χ2v) is 17.0. The number of ether oxygens (including phenoxy) is 2. The molecule has 6 aromatic carbocycles. The van der Waals surface area contributed by atoms with Crippen LogP contribution in [0.2, 0.25) is 0 Å². The quantitative estimate of drug-likeness (QED) is 0.102. The van der Waals surface area contributed by atoms with Gasteiger partial charge in [0.15, 0.2) is 0 Å². The van der Waals surface area contributed by atoms with Crippen LogP contribution in [0.3, 0.4) is 0 Å². The Bertz CT molecular complexity index is 2680. The van der Waals surface area contributed by atoms with E-state index in [1.54, 1.807) is 36.7 Å². The summed E-state index contributed by atoms with van der Waals surface area (Å²) in [4.78, 5) is 26.1. The highest BCUT2D eigenvalue weighted by Gasteiger charge is 2.44. The molecular weight excluding hydrogens is 948 g/mol. The zero-order chi connectivity index (χ0) is 44.9. The van der Waals surface area contributed by atoms with Crippen LogP contribution in [0, 0.1) is 23.3 Å². The van der Waals surface area contributed by atoms with Gasteiger partial charge in [-0.25, -0.2) is 27.5 Å². The average molecular weight is 987 g/mol. The fraction of sp³-hybridized carbons (Fsp3) is 0.113. The minimum absolute atomic E-state index is 0.0187. The standard InChI is InChI=1S/C53H38Br2F4N2O3/c1-63-52-45(25-37(29-60-52)31-13-17-39(54)18-14-31)47(33-9-5-3-6-10-33)49(35-21-41(56)27-42(57)22-35)51(62)50(36-23-43(58)28-44(59)24-36)48(34-11-7-4-8-12-34)46-26-38(30-61-53(46)64-2)32-15-19-40(55)20-16-32/h3-30,47-50H,1-2H3. The molecule has 2 aromatic heterocycles. The number of hydrogen-bond donors (Lipinski definition) is 0. The number of ketones is 1. The summed E-state index contributed by atoms with van der Waals surface area (Å²) < 4.78 is 76.4. The smallest absolute Gasteiger partial charge is 0.216 e. The second-order valence-electron chi connectivity index (χ2n) is 15.2. The topological polar surface area (TPSA) is 61.3 Å². The van der Waals surface area contributed by atoms with Crippen molar-refractivity contribution in [2.75, 3.05) is 14.2 Å². The van der Waals surface area contributed by atoms with Crippen LogP contribution in [0.25, 0.3) is 22.3 Å². The Kier molecular flexibility index (Phi) is 13.5. The molecule has 0 fully saturated rings. The third-order valence-electron chi connectivity index (χ3n) is 11.3. The van der Waals surface area contributed by atoms with E-state index in [4.69, 9.17) is 19.4 Å². The lowest BCUT2D eigenvalue weighted by Gasteiger charge is -2.35. The van der Waals surface area contributed by atoms with Crippen LogP contribution >= 0.6 is 31.9 Å². The SMILES string of the molecule is COc1ncc(-c2ccc(Br)cc2)cc1C(c1ccccc1)C(C(=O)C(c1cc(F)cc(F)c1)C(c1ccccc1)c1cc(-c2ccc(Br)cc2)cnc1OC)c1cc(F)cc(F)c1. The van der Waals surface area contributed by atoms with E-state index in [-0.39, 0.29) is 22.9 Å². The van der Waals surface area contributed by atoms with E-state index in [1.807, 2.05) is 97.1 Å². The van der Waals surface area contributed by atoms with Gasteiger partial charge in [0.1, 0.15) is 29.1 Å². The molecule has 0 amide bonds. The molecule has 5 nitrogen and oxygen atoms in total. The summed E-state index contributed by atoms with van der Waals surface area (Å²) >= 11 is 7.00. The Morgan fingerprint density at radius 2 is 0.797 bits per heavy atom. The third kappa shape index (κ3) is 9.56. The maximum Gasteiger partial charge on any atom is 0.216 e. The molecule has 4 unspecified atom stereocenters. The van der Waals surface area contributed by atoms with Crippen LogP contribution in [0.4, 0.5) is 17.6 Å². The average Bonchev–Trinajstić information content (AvgIpc) is 3.29. The lowest BCUT2D eigenvalue weighted by molar-refractivity contribution is -0.122. The monoisotopic (exact) mass is 984 g/mol. The first kappa shape index (κ1) is 44.2. The molecule has 0 radical (unpaired) electrons. The number of rotatable bonds is 14. The first-order chi connectivity index (χ1) is 31.0. The van der Waals surface area contributed by atoms with E-state index in [0.717, 1.165) is 56.5 Å². The number of Topliss-reactive ketones (excluding diaryl/α,β-unsaturated/α-hetero) is 1. The van der Waals surface area contributed by atoms with Gasteiger partial charge in [0.05, 0.1) is 26.1 Å². The lowest BCUT2D eigenvalue weighted by atomic mass is 9.66. The molecule has 64 heavy (non-hydrogen) atoms. The Morgan fingerprint density at radius 1 is 0.453 bits per heavy atom. The molecule has 11 heteroatoms. The van der Waals surface area contributed by atoms with E-state index in [9.17, 15) is 0 Å². The number of aromatic nitrogens is 2. The van der Waals surface area contributed by atoms with Crippen molar-refractivity contribution in [2.24, 2.45) is 0 Å². The summed E-state index contributed by atoms with van der Waals surface area (Å²) in [6.07, 6.45) is 3.29. The molecule has 0 saturated heterocycles. The molecule has 0 bridgehead atoms. The number of halogens is 6. The number of carbonyl (C=O) groups excluding carboxylic acids is 1. The minimum Gasteiger partial charge on any atom is -0.481 e. The summed E-state index contributed by atoms with van der Waals surface area (Å²) in [7, 11) is 2.90. The number of pyridine rings is 2. The molecule has 0 aliphatic heterocycles. The van der Waals surface area contributed by atoms with Crippen LogP contribution < -0.4 is 9.47 Å². The summed E-state index contributed by atoms with van der Waals surface area (Å²) in [5.41, 5.74) is 4.92. The first-order valence-corrected chi connectivity index (χ1v) is 21.7. The molecule has 2 heterocycles. The van der Waals surface area contributed by atoms with E-state index in [1.165, 1.54) is 14.2 Å². The van der Waals surface area contributed by atoms with Crippen molar-refractivity contribution in [3.63, 3.8) is 0 Å². The molecule has 0 saturated carbocycles. The Labute approximate surface area is 385 Å². The highest BCUT2D eigenvalue weighted by molar-refractivity contribution is 9.10. The molecule has 0 spiro atoms. The van der Waals surface area contributed by atoms with Crippen LogP contribution in [0.1, 0.15) is 57.1 Å². The van der Waals surface area contributed by atoms with Crippen molar-refractivity contribution in [2.45, 2.75) is 23.7 Å². The Hall–Kier alpha value is -6.43. The van der Waals surface area contributed by atoms with Crippen LogP contribution in [0.15, 0.2) is 179 Å². The van der Waals surface area contributed by atoms with Gasteiger partial charge in [-0.05, 0) is 94.0 Å². The van der Waals surface area contributed by atoms with Crippen LogP contribution in [-0.2, 0) is 4.79 Å². The maximum absolute atomic E-state index is 16.6. The van der Waals surface area contributed by atoms with Gasteiger partial charge in [0.2, 0.25) is 11.8 Å². The first-order valence-electron chi connectivity index (χ1n) is 20.2. The summed E-state index contributed by atoms with van der Waals surface area (Å²) in [6.45, 7) is 0. The minimum atomic E-state index is -1.44. The van der Waals surface area contributed by atoms with Gasteiger partial charge in [0, 0.05) is 67.6 Å². The van der Waals surface area contributed by atoms with Gasteiger partial charge in [-0.3, -0.25) is 4.79 Å². The molecule has 8 rings (SSSR count). The molecule has 4 atom stereocenters. The molecule has 0 aliphatic carbocycles. The molecular formula is C53H38Br2F4N2O3. The molecule has 0 N–H and O–H groups in total. The third-order valence-corrected chi connectivity index (χ3v) is 12.3. The number of nitrogens with zero attached hydrogens (tertiary/aromatic N) is 2. The number of benzene rings is 6. The highest BCUT2D eigenvalue weighted by Crippen LogP contribution is 2.51. The van der Waals surface area contributed by atoms with Gasteiger partial charge in [-0.2, -0.15) is 0 Å². The van der Waals surface area contributed by atoms with E-state index in [2.05, 4.69) is 31.9 Å². The van der Waals surface area contributed by atoms with Crippen molar-refractivity contribution in [1.82, 2.24) is 9.97 Å². The molecule has 0 aliphatic rings. The Balaban J connectivity index is 1.46.